The topological polar surface area (TPSA) is 23.5 Å². The van der Waals surface area contributed by atoms with Crippen molar-refractivity contribution in [1.82, 2.24) is 4.90 Å². The molecule has 0 bridgehead atoms. The molecule has 0 radical (unpaired) electrons. The Hall–Kier alpha value is -0.820. The summed E-state index contributed by atoms with van der Waals surface area (Å²) >= 11 is 1.75. The van der Waals surface area contributed by atoms with Gasteiger partial charge in [0.1, 0.15) is 6.61 Å². The average molecular weight is 249 g/mol. The summed E-state index contributed by atoms with van der Waals surface area (Å²) in [5, 5.41) is 8.65. The number of rotatable bonds is 3. The Kier molecular flexibility index (Phi) is 4.61. The van der Waals surface area contributed by atoms with Crippen LogP contribution in [0.2, 0.25) is 0 Å². The quantitative estimate of drug-likeness (QED) is 0.832. The van der Waals surface area contributed by atoms with Crippen molar-refractivity contribution in [2.24, 2.45) is 0 Å². The maximum Gasteiger partial charge on any atom is 0.104 e. The Morgan fingerprint density at radius 2 is 2.41 bits per heavy atom. The first-order chi connectivity index (χ1) is 8.33. The molecule has 2 nitrogen and oxygen atoms in total. The highest BCUT2D eigenvalue weighted by Crippen LogP contribution is 2.25. The van der Waals surface area contributed by atoms with Crippen molar-refractivity contribution in [3.8, 4) is 11.8 Å². The third kappa shape index (κ3) is 3.32. The third-order valence-electron chi connectivity index (χ3n) is 3.28. The van der Waals surface area contributed by atoms with Crippen molar-refractivity contribution in [1.29, 1.82) is 0 Å². The fourth-order valence-corrected chi connectivity index (χ4v) is 3.33. The lowest BCUT2D eigenvalue weighted by atomic mass is 10.2. The molecule has 2 rings (SSSR count). The van der Waals surface area contributed by atoms with Crippen LogP contribution in [0.25, 0.3) is 0 Å². The van der Waals surface area contributed by atoms with E-state index in [4.69, 9.17) is 5.11 Å². The van der Waals surface area contributed by atoms with Crippen LogP contribution in [0.3, 0.4) is 0 Å². The number of aliphatic hydroxyl groups excluding tert-OH is 1. The molecule has 0 aromatic carbocycles. The van der Waals surface area contributed by atoms with Crippen LogP contribution < -0.4 is 0 Å². The zero-order valence-electron chi connectivity index (χ0n) is 10.3. The molecule has 17 heavy (non-hydrogen) atoms. The number of hydrogen-bond acceptors (Lipinski definition) is 3. The zero-order valence-corrected chi connectivity index (χ0v) is 11.1. The van der Waals surface area contributed by atoms with E-state index in [9.17, 15) is 0 Å². The van der Waals surface area contributed by atoms with Crippen LogP contribution in [-0.2, 0) is 6.54 Å². The molecule has 1 aliphatic heterocycles. The SMILES string of the molecule is CCC1CCCN1Cc1ccc(C#CCO)s1. The Bertz CT molecular complexity index is 415. The predicted octanol–water partition coefficient (Wildman–Crippen LogP) is 2.47. The van der Waals surface area contributed by atoms with Crippen LogP contribution in [0.5, 0.6) is 0 Å². The molecule has 1 atom stereocenters. The highest BCUT2D eigenvalue weighted by atomic mass is 32.1. The zero-order chi connectivity index (χ0) is 12.1. The van der Waals surface area contributed by atoms with Gasteiger partial charge in [0.25, 0.3) is 0 Å². The van der Waals surface area contributed by atoms with E-state index >= 15 is 0 Å². The van der Waals surface area contributed by atoms with Crippen molar-refractivity contribution in [3.05, 3.63) is 21.9 Å². The molecule has 1 fully saturated rings. The second-order valence-electron chi connectivity index (χ2n) is 4.40. The Morgan fingerprint density at radius 1 is 1.53 bits per heavy atom. The lowest BCUT2D eigenvalue weighted by Gasteiger charge is -2.22. The van der Waals surface area contributed by atoms with E-state index < -0.39 is 0 Å². The van der Waals surface area contributed by atoms with Gasteiger partial charge in [-0.2, -0.15) is 0 Å². The fraction of sp³-hybridized carbons (Fsp3) is 0.571. The molecule has 1 aromatic rings. The van der Waals surface area contributed by atoms with Gasteiger partial charge in [-0.05, 0) is 37.9 Å². The second-order valence-corrected chi connectivity index (χ2v) is 5.57. The number of likely N-dealkylation sites (tertiary alicyclic amines) is 1. The Morgan fingerprint density at radius 3 is 3.18 bits per heavy atom. The van der Waals surface area contributed by atoms with Crippen molar-refractivity contribution >= 4 is 11.3 Å². The molecule has 1 aliphatic rings. The molecule has 1 unspecified atom stereocenters. The van der Waals surface area contributed by atoms with E-state index in [1.807, 2.05) is 0 Å². The van der Waals surface area contributed by atoms with Gasteiger partial charge in [0.15, 0.2) is 0 Å². The van der Waals surface area contributed by atoms with Gasteiger partial charge in [-0.3, -0.25) is 4.90 Å². The molecule has 0 saturated carbocycles. The lowest BCUT2D eigenvalue weighted by Crippen LogP contribution is -2.27. The molecule has 0 aliphatic carbocycles. The van der Waals surface area contributed by atoms with Crippen LogP contribution in [0.4, 0.5) is 0 Å². The minimum Gasteiger partial charge on any atom is -0.384 e. The minimum atomic E-state index is -0.0583. The van der Waals surface area contributed by atoms with Gasteiger partial charge in [0.05, 0.1) is 4.88 Å². The molecule has 1 N–H and O–H groups in total. The van der Waals surface area contributed by atoms with Gasteiger partial charge in [-0.1, -0.05) is 18.8 Å². The standard InChI is InChI=1S/C14H19NOS/c1-2-12-5-3-9-15(12)11-14-8-7-13(17-14)6-4-10-16/h7-8,12,16H,2-3,5,9-11H2,1H3. The van der Waals surface area contributed by atoms with Crippen LogP contribution in [-0.4, -0.2) is 29.2 Å². The summed E-state index contributed by atoms with van der Waals surface area (Å²) in [6, 6.07) is 4.99. The molecular formula is C14H19NOS. The highest BCUT2D eigenvalue weighted by Gasteiger charge is 2.22. The highest BCUT2D eigenvalue weighted by molar-refractivity contribution is 7.12. The van der Waals surface area contributed by atoms with Gasteiger partial charge in [0.2, 0.25) is 0 Å². The summed E-state index contributed by atoms with van der Waals surface area (Å²) in [7, 11) is 0. The minimum absolute atomic E-state index is 0.0583. The van der Waals surface area contributed by atoms with Gasteiger partial charge in [-0.25, -0.2) is 0 Å². The van der Waals surface area contributed by atoms with Crippen LogP contribution in [0, 0.1) is 11.8 Å². The molecule has 92 valence electrons. The Balaban J connectivity index is 1.96. The van der Waals surface area contributed by atoms with Crippen LogP contribution in [0.1, 0.15) is 35.9 Å². The summed E-state index contributed by atoms with van der Waals surface area (Å²) in [6.45, 7) is 4.50. The molecule has 1 saturated heterocycles. The average Bonchev–Trinajstić information content (AvgIpc) is 2.96. The van der Waals surface area contributed by atoms with Gasteiger partial charge in [-0.15, -0.1) is 11.3 Å². The summed E-state index contributed by atoms with van der Waals surface area (Å²) in [4.78, 5) is 5.02. The molecule has 3 heteroatoms. The summed E-state index contributed by atoms with van der Waals surface area (Å²) in [5.74, 6) is 5.66. The first-order valence-electron chi connectivity index (χ1n) is 6.26. The summed E-state index contributed by atoms with van der Waals surface area (Å²) in [5.41, 5.74) is 0. The maximum atomic E-state index is 8.65. The van der Waals surface area contributed by atoms with E-state index in [0.717, 1.165) is 17.5 Å². The first kappa shape index (κ1) is 12.6. The van der Waals surface area contributed by atoms with E-state index in [2.05, 4.69) is 35.8 Å². The Labute approximate surface area is 107 Å². The van der Waals surface area contributed by atoms with E-state index in [0.29, 0.717) is 0 Å². The van der Waals surface area contributed by atoms with Gasteiger partial charge >= 0.3 is 0 Å². The predicted molar refractivity (Wildman–Crippen MR) is 72.0 cm³/mol. The monoisotopic (exact) mass is 249 g/mol. The smallest absolute Gasteiger partial charge is 0.104 e. The van der Waals surface area contributed by atoms with Crippen molar-refractivity contribution in [2.45, 2.75) is 38.8 Å². The fourth-order valence-electron chi connectivity index (χ4n) is 2.42. The third-order valence-corrected chi connectivity index (χ3v) is 4.27. The maximum absolute atomic E-state index is 8.65. The molecule has 0 amide bonds. The van der Waals surface area contributed by atoms with Crippen LogP contribution in [0.15, 0.2) is 12.1 Å². The number of nitrogens with zero attached hydrogens (tertiary/aromatic N) is 1. The van der Waals surface area contributed by atoms with E-state index in [1.54, 1.807) is 11.3 Å². The van der Waals surface area contributed by atoms with Gasteiger partial charge < -0.3 is 5.11 Å². The van der Waals surface area contributed by atoms with E-state index in [-0.39, 0.29) is 6.61 Å². The lowest BCUT2D eigenvalue weighted by molar-refractivity contribution is 0.242. The van der Waals surface area contributed by atoms with Crippen molar-refractivity contribution in [2.75, 3.05) is 13.2 Å². The molecule has 2 heterocycles. The normalized spacial score (nSPS) is 20.2. The molecule has 0 spiro atoms. The number of hydrogen-bond donors (Lipinski definition) is 1. The molecule has 1 aromatic heterocycles. The van der Waals surface area contributed by atoms with Gasteiger partial charge in [0, 0.05) is 17.5 Å². The van der Waals surface area contributed by atoms with Crippen LogP contribution >= 0.6 is 11.3 Å². The number of thiophene rings is 1. The number of aliphatic hydroxyl groups is 1. The first-order valence-corrected chi connectivity index (χ1v) is 7.07. The summed E-state index contributed by atoms with van der Waals surface area (Å²) in [6.07, 6.45) is 3.93. The van der Waals surface area contributed by atoms with Crippen molar-refractivity contribution < 1.29 is 5.11 Å². The van der Waals surface area contributed by atoms with Crippen molar-refractivity contribution in [3.63, 3.8) is 0 Å². The largest absolute Gasteiger partial charge is 0.384 e. The summed E-state index contributed by atoms with van der Waals surface area (Å²) < 4.78 is 0. The van der Waals surface area contributed by atoms with E-state index in [1.165, 1.54) is 30.7 Å². The second kappa shape index (κ2) is 6.20. The molecular weight excluding hydrogens is 230 g/mol.